The van der Waals surface area contributed by atoms with E-state index in [4.69, 9.17) is 15.2 Å². The van der Waals surface area contributed by atoms with Gasteiger partial charge in [-0.2, -0.15) is 0 Å². The molecule has 0 aromatic heterocycles. The van der Waals surface area contributed by atoms with Gasteiger partial charge in [-0.3, -0.25) is 4.79 Å². The van der Waals surface area contributed by atoms with Crippen molar-refractivity contribution in [3.05, 3.63) is 64.7 Å². The molecule has 3 atom stereocenters. The Morgan fingerprint density at radius 1 is 1.21 bits per heavy atom. The first-order valence-electron chi connectivity index (χ1n) is 10.6. The van der Waals surface area contributed by atoms with Crippen molar-refractivity contribution in [1.82, 2.24) is 5.32 Å². The molecule has 2 aromatic carbocycles. The zero-order chi connectivity index (χ0) is 20.2. The Bertz CT molecular complexity index is 842. The highest BCUT2D eigenvalue weighted by molar-refractivity contribution is 5.94. The molecular formula is C24H30N2O3. The SMILES string of the molecule is C[C@@H](N)c1ccc2c(c1)CC[C@H](NC(=O)c1ccc(OC[C@@H]3CCCO3)cc1)C2. The molecule has 0 saturated carbocycles. The lowest BCUT2D eigenvalue weighted by Gasteiger charge is -2.26. The van der Waals surface area contributed by atoms with Gasteiger partial charge in [0.2, 0.25) is 0 Å². The van der Waals surface area contributed by atoms with Gasteiger partial charge in [-0.15, -0.1) is 0 Å². The van der Waals surface area contributed by atoms with E-state index in [-0.39, 0.29) is 24.1 Å². The molecule has 0 unspecified atom stereocenters. The molecule has 1 amide bonds. The summed E-state index contributed by atoms with van der Waals surface area (Å²) >= 11 is 0. The number of benzene rings is 2. The van der Waals surface area contributed by atoms with E-state index in [1.807, 2.05) is 31.2 Å². The minimum Gasteiger partial charge on any atom is -0.491 e. The summed E-state index contributed by atoms with van der Waals surface area (Å²) in [6.07, 6.45) is 5.13. The minimum atomic E-state index is -0.0312. The van der Waals surface area contributed by atoms with Crippen molar-refractivity contribution < 1.29 is 14.3 Å². The number of ether oxygens (including phenoxy) is 2. The highest BCUT2D eigenvalue weighted by Gasteiger charge is 2.21. The zero-order valence-electron chi connectivity index (χ0n) is 17.0. The summed E-state index contributed by atoms with van der Waals surface area (Å²) in [6, 6.07) is 14.0. The van der Waals surface area contributed by atoms with Crippen molar-refractivity contribution >= 4 is 5.91 Å². The summed E-state index contributed by atoms with van der Waals surface area (Å²) in [7, 11) is 0. The Morgan fingerprint density at radius 2 is 2.03 bits per heavy atom. The number of rotatable bonds is 6. The average Bonchev–Trinajstić information content (AvgIpc) is 3.26. The van der Waals surface area contributed by atoms with Crippen LogP contribution in [0.15, 0.2) is 42.5 Å². The third-order valence-electron chi connectivity index (χ3n) is 5.90. The van der Waals surface area contributed by atoms with Crippen LogP contribution in [0.3, 0.4) is 0 Å². The van der Waals surface area contributed by atoms with Gasteiger partial charge in [0.25, 0.3) is 5.91 Å². The normalized spacial score (nSPS) is 22.0. The molecule has 1 aliphatic carbocycles. The van der Waals surface area contributed by atoms with Crippen molar-refractivity contribution in [2.45, 2.75) is 57.2 Å². The molecule has 3 N–H and O–H groups in total. The maximum Gasteiger partial charge on any atom is 0.251 e. The first kappa shape index (κ1) is 19.9. The number of carbonyl (C=O) groups is 1. The van der Waals surface area contributed by atoms with Gasteiger partial charge in [-0.05, 0) is 80.0 Å². The number of aryl methyl sites for hydroxylation is 1. The molecule has 154 valence electrons. The summed E-state index contributed by atoms with van der Waals surface area (Å²) in [6.45, 7) is 3.40. The molecule has 29 heavy (non-hydrogen) atoms. The lowest BCUT2D eigenvalue weighted by Crippen LogP contribution is -2.38. The predicted octanol–water partition coefficient (Wildman–Crippen LogP) is 3.55. The molecule has 5 heteroatoms. The molecule has 5 nitrogen and oxygen atoms in total. The largest absolute Gasteiger partial charge is 0.491 e. The van der Waals surface area contributed by atoms with Gasteiger partial charge in [0.05, 0.1) is 6.10 Å². The van der Waals surface area contributed by atoms with Gasteiger partial charge in [0.15, 0.2) is 0 Å². The van der Waals surface area contributed by atoms with Crippen LogP contribution in [0.5, 0.6) is 5.75 Å². The summed E-state index contributed by atoms with van der Waals surface area (Å²) in [5.41, 5.74) is 10.5. The monoisotopic (exact) mass is 394 g/mol. The molecule has 1 fully saturated rings. The summed E-state index contributed by atoms with van der Waals surface area (Å²) in [4.78, 5) is 12.7. The maximum atomic E-state index is 12.7. The molecule has 1 aliphatic heterocycles. The van der Waals surface area contributed by atoms with Gasteiger partial charge in [-0.25, -0.2) is 0 Å². The van der Waals surface area contributed by atoms with Crippen molar-refractivity contribution in [2.24, 2.45) is 5.73 Å². The molecule has 1 heterocycles. The van der Waals surface area contributed by atoms with Crippen molar-refractivity contribution in [3.63, 3.8) is 0 Å². The standard InChI is InChI=1S/C24H30N2O3/c1-16(25)18-4-5-20-14-21(9-6-19(20)13-18)26-24(27)17-7-10-22(11-8-17)29-15-23-3-2-12-28-23/h4-5,7-8,10-11,13,16,21,23H,2-3,6,9,12,14-15,25H2,1H3,(H,26,27)/t16-,21+,23+/m1/s1. The van der Waals surface area contributed by atoms with Crippen LogP contribution in [0.25, 0.3) is 0 Å². The first-order chi connectivity index (χ1) is 14.1. The second-order valence-electron chi connectivity index (χ2n) is 8.20. The fourth-order valence-corrected chi connectivity index (χ4v) is 4.12. The number of amides is 1. The Morgan fingerprint density at radius 3 is 2.76 bits per heavy atom. The van der Waals surface area contributed by atoms with Crippen LogP contribution < -0.4 is 15.8 Å². The van der Waals surface area contributed by atoms with Crippen LogP contribution in [-0.2, 0) is 17.6 Å². The fourth-order valence-electron chi connectivity index (χ4n) is 4.12. The van der Waals surface area contributed by atoms with E-state index in [1.165, 1.54) is 16.7 Å². The van der Waals surface area contributed by atoms with Crippen molar-refractivity contribution in [2.75, 3.05) is 13.2 Å². The van der Waals surface area contributed by atoms with Crippen molar-refractivity contribution in [3.8, 4) is 5.75 Å². The number of fused-ring (bicyclic) bond motifs is 1. The summed E-state index contributed by atoms with van der Waals surface area (Å²) in [5, 5.41) is 3.19. The van der Waals surface area contributed by atoms with Crippen LogP contribution in [0.1, 0.15) is 59.3 Å². The third kappa shape index (κ3) is 4.98. The van der Waals surface area contributed by atoms with Gasteiger partial charge >= 0.3 is 0 Å². The zero-order valence-corrected chi connectivity index (χ0v) is 17.0. The van der Waals surface area contributed by atoms with Gasteiger partial charge < -0.3 is 20.5 Å². The van der Waals surface area contributed by atoms with Crippen LogP contribution in [0.4, 0.5) is 0 Å². The van der Waals surface area contributed by atoms with Gasteiger partial charge in [0, 0.05) is 24.3 Å². The highest BCUT2D eigenvalue weighted by atomic mass is 16.5. The summed E-state index contributed by atoms with van der Waals surface area (Å²) < 4.78 is 11.3. The van der Waals surface area contributed by atoms with E-state index in [0.717, 1.165) is 44.5 Å². The molecule has 0 radical (unpaired) electrons. The minimum absolute atomic E-state index is 0.0312. The van der Waals surface area contributed by atoms with E-state index in [9.17, 15) is 4.79 Å². The second kappa shape index (κ2) is 8.97. The fraction of sp³-hybridized carbons (Fsp3) is 0.458. The lowest BCUT2D eigenvalue weighted by atomic mass is 9.86. The van der Waals surface area contributed by atoms with Crippen LogP contribution in [-0.4, -0.2) is 31.3 Å². The number of hydrogen-bond acceptors (Lipinski definition) is 4. The maximum absolute atomic E-state index is 12.7. The van der Waals surface area contributed by atoms with Crippen LogP contribution in [0, 0.1) is 0 Å². The Kier molecular flexibility index (Phi) is 6.16. The van der Waals surface area contributed by atoms with Gasteiger partial charge in [0.1, 0.15) is 12.4 Å². The molecule has 0 bridgehead atoms. The molecule has 0 spiro atoms. The Balaban J connectivity index is 1.31. The van der Waals surface area contributed by atoms with E-state index in [1.54, 1.807) is 0 Å². The second-order valence-corrected chi connectivity index (χ2v) is 8.20. The van der Waals surface area contributed by atoms with E-state index < -0.39 is 0 Å². The van der Waals surface area contributed by atoms with Crippen molar-refractivity contribution in [1.29, 1.82) is 0 Å². The topological polar surface area (TPSA) is 73.6 Å². The molecule has 2 aliphatic rings. The lowest BCUT2D eigenvalue weighted by molar-refractivity contribution is 0.0679. The molecular weight excluding hydrogens is 364 g/mol. The highest BCUT2D eigenvalue weighted by Crippen LogP contribution is 2.25. The smallest absolute Gasteiger partial charge is 0.251 e. The first-order valence-corrected chi connectivity index (χ1v) is 10.6. The van der Waals surface area contributed by atoms with Gasteiger partial charge in [-0.1, -0.05) is 18.2 Å². The third-order valence-corrected chi connectivity index (χ3v) is 5.90. The average molecular weight is 395 g/mol. The van der Waals surface area contributed by atoms with E-state index >= 15 is 0 Å². The molecule has 2 aromatic rings. The van der Waals surface area contributed by atoms with Crippen LogP contribution in [0.2, 0.25) is 0 Å². The Hall–Kier alpha value is -2.37. The predicted molar refractivity (Wildman–Crippen MR) is 113 cm³/mol. The van der Waals surface area contributed by atoms with Crippen LogP contribution >= 0.6 is 0 Å². The quantitative estimate of drug-likeness (QED) is 0.786. The number of hydrogen-bond donors (Lipinski definition) is 2. The number of nitrogens with two attached hydrogens (primary N) is 1. The molecule has 4 rings (SSSR count). The van der Waals surface area contributed by atoms with E-state index in [0.29, 0.717) is 12.2 Å². The molecule has 1 saturated heterocycles. The number of nitrogens with one attached hydrogen (secondary N) is 1. The van der Waals surface area contributed by atoms with E-state index in [2.05, 4.69) is 23.5 Å². The number of carbonyl (C=O) groups excluding carboxylic acids is 1. The Labute approximate surface area is 172 Å². The summed E-state index contributed by atoms with van der Waals surface area (Å²) in [5.74, 6) is 0.741.